The fourth-order valence-electron chi connectivity index (χ4n) is 4.07. The van der Waals surface area contributed by atoms with Crippen molar-refractivity contribution in [3.05, 3.63) is 106 Å². The van der Waals surface area contributed by atoms with Crippen LogP contribution in [0.15, 0.2) is 78.9 Å². The molecule has 0 aromatic heterocycles. The van der Waals surface area contributed by atoms with E-state index in [1.54, 1.807) is 0 Å². The first kappa shape index (κ1) is 18.7. The van der Waals surface area contributed by atoms with E-state index in [0.717, 1.165) is 5.02 Å². The van der Waals surface area contributed by atoms with Crippen LogP contribution in [0.1, 0.15) is 55.9 Å². The van der Waals surface area contributed by atoms with E-state index < -0.39 is 0 Å². The van der Waals surface area contributed by atoms with Crippen molar-refractivity contribution in [1.29, 1.82) is 0 Å². The lowest BCUT2D eigenvalue weighted by Gasteiger charge is -2.40. The Morgan fingerprint density at radius 3 is 1.73 bits per heavy atom. The van der Waals surface area contributed by atoms with Gasteiger partial charge in [0.2, 0.25) is 0 Å². The van der Waals surface area contributed by atoms with Gasteiger partial charge in [-0.3, -0.25) is 0 Å². The van der Waals surface area contributed by atoms with Crippen molar-refractivity contribution in [1.82, 2.24) is 0 Å². The van der Waals surface area contributed by atoms with Crippen molar-refractivity contribution in [2.75, 3.05) is 0 Å². The SMILES string of the molecule is CC(C)c1ccc(C(c2ccccc2)(c2ccccc2Cl)C(C)C)cc1. The third-order valence-electron chi connectivity index (χ3n) is 5.43. The molecular formula is C25H27Cl. The third kappa shape index (κ3) is 3.19. The topological polar surface area (TPSA) is 0 Å². The lowest BCUT2D eigenvalue weighted by Crippen LogP contribution is -2.35. The molecule has 1 heteroatoms. The Kier molecular flexibility index (Phi) is 5.53. The zero-order valence-corrected chi connectivity index (χ0v) is 16.8. The van der Waals surface area contributed by atoms with Crippen LogP contribution < -0.4 is 0 Å². The van der Waals surface area contributed by atoms with Crippen LogP contribution in [0.2, 0.25) is 5.02 Å². The molecule has 3 aromatic carbocycles. The van der Waals surface area contributed by atoms with Crippen LogP contribution in [-0.2, 0) is 5.41 Å². The minimum Gasteiger partial charge on any atom is -0.0840 e. The second kappa shape index (κ2) is 7.68. The maximum Gasteiger partial charge on any atom is 0.0488 e. The summed E-state index contributed by atoms with van der Waals surface area (Å²) in [7, 11) is 0. The normalized spacial score (nSPS) is 13.8. The molecule has 0 aliphatic heterocycles. The van der Waals surface area contributed by atoms with Crippen LogP contribution in [0, 0.1) is 5.92 Å². The third-order valence-corrected chi connectivity index (χ3v) is 5.76. The van der Waals surface area contributed by atoms with Crippen molar-refractivity contribution in [3.8, 4) is 0 Å². The Morgan fingerprint density at radius 2 is 1.19 bits per heavy atom. The monoisotopic (exact) mass is 362 g/mol. The van der Waals surface area contributed by atoms with Gasteiger partial charge >= 0.3 is 0 Å². The Bertz CT molecular complexity index is 847. The average molecular weight is 363 g/mol. The molecule has 0 fully saturated rings. The lowest BCUT2D eigenvalue weighted by atomic mass is 9.62. The van der Waals surface area contributed by atoms with Crippen LogP contribution in [0.3, 0.4) is 0 Å². The minimum absolute atomic E-state index is 0.283. The van der Waals surface area contributed by atoms with Gasteiger partial charge in [-0.1, -0.05) is 112 Å². The molecule has 0 nitrogen and oxygen atoms in total. The zero-order chi connectivity index (χ0) is 18.7. The van der Waals surface area contributed by atoms with Crippen molar-refractivity contribution < 1.29 is 0 Å². The molecule has 0 saturated carbocycles. The molecule has 0 bridgehead atoms. The highest BCUT2D eigenvalue weighted by Crippen LogP contribution is 2.47. The summed E-state index contributed by atoms with van der Waals surface area (Å²) >= 11 is 6.73. The molecular weight excluding hydrogens is 336 g/mol. The first-order chi connectivity index (χ1) is 12.5. The highest BCUT2D eigenvalue weighted by molar-refractivity contribution is 6.31. The molecule has 0 N–H and O–H groups in total. The summed E-state index contributed by atoms with van der Waals surface area (Å²) in [5.41, 5.74) is 4.81. The van der Waals surface area contributed by atoms with E-state index in [9.17, 15) is 0 Å². The van der Waals surface area contributed by atoms with Gasteiger partial charge < -0.3 is 0 Å². The molecule has 0 aliphatic carbocycles. The molecule has 3 aromatic rings. The Morgan fingerprint density at radius 1 is 0.654 bits per heavy atom. The molecule has 0 amide bonds. The van der Waals surface area contributed by atoms with Crippen LogP contribution >= 0.6 is 11.6 Å². The van der Waals surface area contributed by atoms with E-state index in [-0.39, 0.29) is 5.41 Å². The summed E-state index contributed by atoms with van der Waals surface area (Å²) in [5, 5.41) is 0.818. The van der Waals surface area contributed by atoms with Gasteiger partial charge in [-0.2, -0.15) is 0 Å². The Balaban J connectivity index is 2.33. The average Bonchev–Trinajstić information content (AvgIpc) is 2.65. The fraction of sp³-hybridized carbons (Fsp3) is 0.280. The van der Waals surface area contributed by atoms with Crippen LogP contribution in [0.4, 0.5) is 0 Å². The van der Waals surface area contributed by atoms with Gasteiger partial charge in [0.05, 0.1) is 0 Å². The summed E-state index contributed by atoms with van der Waals surface area (Å²) in [6.07, 6.45) is 0. The van der Waals surface area contributed by atoms with Gasteiger partial charge in [-0.05, 0) is 40.2 Å². The number of halogens is 1. The van der Waals surface area contributed by atoms with Crippen molar-refractivity contribution in [3.63, 3.8) is 0 Å². The molecule has 3 rings (SSSR count). The molecule has 0 spiro atoms. The predicted octanol–water partition coefficient (Wildman–Crippen LogP) is 7.45. The van der Waals surface area contributed by atoms with Gasteiger partial charge in [0.15, 0.2) is 0 Å². The first-order valence-electron chi connectivity index (χ1n) is 9.39. The standard InChI is InChI=1S/C25H27Cl/c1-18(2)20-14-16-22(17-15-20)25(19(3)4,21-10-6-5-7-11-21)23-12-8-9-13-24(23)26/h5-19H,1-4H3. The maximum absolute atomic E-state index is 6.73. The van der Waals surface area contributed by atoms with Gasteiger partial charge in [-0.25, -0.2) is 0 Å². The van der Waals surface area contributed by atoms with E-state index in [2.05, 4.69) is 94.4 Å². The summed E-state index contributed by atoms with van der Waals surface area (Å²) in [6.45, 7) is 9.03. The Labute approximate surface area is 162 Å². The van der Waals surface area contributed by atoms with Crippen LogP contribution in [0.5, 0.6) is 0 Å². The number of hydrogen-bond donors (Lipinski definition) is 0. The quantitative estimate of drug-likeness (QED) is 0.413. The second-order valence-electron chi connectivity index (χ2n) is 7.59. The lowest BCUT2D eigenvalue weighted by molar-refractivity contribution is 0.437. The van der Waals surface area contributed by atoms with Gasteiger partial charge in [0.1, 0.15) is 0 Å². The van der Waals surface area contributed by atoms with Gasteiger partial charge in [0.25, 0.3) is 0 Å². The zero-order valence-electron chi connectivity index (χ0n) is 16.0. The van der Waals surface area contributed by atoms with Crippen molar-refractivity contribution in [2.24, 2.45) is 5.92 Å². The van der Waals surface area contributed by atoms with E-state index >= 15 is 0 Å². The van der Waals surface area contributed by atoms with Gasteiger partial charge in [-0.15, -0.1) is 0 Å². The molecule has 1 atom stereocenters. The van der Waals surface area contributed by atoms with Crippen LogP contribution in [0.25, 0.3) is 0 Å². The van der Waals surface area contributed by atoms with E-state index in [1.165, 1.54) is 22.3 Å². The molecule has 1 unspecified atom stereocenters. The summed E-state index contributed by atoms with van der Waals surface area (Å²) in [5.74, 6) is 0.865. The molecule has 0 radical (unpaired) electrons. The summed E-state index contributed by atoms with van der Waals surface area (Å²) < 4.78 is 0. The molecule has 134 valence electrons. The predicted molar refractivity (Wildman–Crippen MR) is 113 cm³/mol. The second-order valence-corrected chi connectivity index (χ2v) is 7.99. The van der Waals surface area contributed by atoms with E-state index in [0.29, 0.717) is 11.8 Å². The first-order valence-corrected chi connectivity index (χ1v) is 9.76. The number of benzene rings is 3. The Hall–Kier alpha value is -2.05. The molecule has 26 heavy (non-hydrogen) atoms. The molecule has 0 saturated heterocycles. The highest BCUT2D eigenvalue weighted by Gasteiger charge is 2.40. The fourth-order valence-corrected chi connectivity index (χ4v) is 4.35. The molecule has 0 heterocycles. The van der Waals surface area contributed by atoms with E-state index in [1.807, 2.05) is 12.1 Å². The minimum atomic E-state index is -0.283. The highest BCUT2D eigenvalue weighted by atomic mass is 35.5. The largest absolute Gasteiger partial charge is 0.0840 e. The van der Waals surface area contributed by atoms with Crippen molar-refractivity contribution in [2.45, 2.75) is 39.0 Å². The van der Waals surface area contributed by atoms with Crippen molar-refractivity contribution >= 4 is 11.6 Å². The summed E-state index contributed by atoms with van der Waals surface area (Å²) in [4.78, 5) is 0. The summed E-state index contributed by atoms with van der Waals surface area (Å²) in [6, 6.07) is 28.1. The van der Waals surface area contributed by atoms with Gasteiger partial charge in [0, 0.05) is 10.4 Å². The smallest absolute Gasteiger partial charge is 0.0488 e. The maximum atomic E-state index is 6.73. The van der Waals surface area contributed by atoms with Crippen LogP contribution in [-0.4, -0.2) is 0 Å². The molecule has 0 aliphatic rings. The number of hydrogen-bond acceptors (Lipinski definition) is 0. The number of rotatable bonds is 5. The van der Waals surface area contributed by atoms with E-state index in [4.69, 9.17) is 11.6 Å².